The number of ether oxygens (including phenoxy) is 1. The summed E-state index contributed by atoms with van der Waals surface area (Å²) in [5, 5.41) is 21.6. The first-order valence-electron chi connectivity index (χ1n) is 8.33. The summed E-state index contributed by atoms with van der Waals surface area (Å²) in [6.45, 7) is 2.37. The van der Waals surface area contributed by atoms with Crippen molar-refractivity contribution in [2.75, 3.05) is 13.7 Å². The molecule has 0 aliphatic carbocycles. The molecular weight excluding hydrogens is 386 g/mol. The van der Waals surface area contributed by atoms with Gasteiger partial charge in [0.1, 0.15) is 5.75 Å². The largest absolute Gasteiger partial charge is 0.497 e. The van der Waals surface area contributed by atoms with Gasteiger partial charge in [-0.3, -0.25) is 14.8 Å². The van der Waals surface area contributed by atoms with E-state index in [-0.39, 0.29) is 17.5 Å². The van der Waals surface area contributed by atoms with Crippen molar-refractivity contribution in [1.29, 1.82) is 0 Å². The van der Waals surface area contributed by atoms with Gasteiger partial charge in [-0.1, -0.05) is 27.6 Å². The number of nitro groups is 1. The summed E-state index contributed by atoms with van der Waals surface area (Å²) < 4.78 is 12.0. The van der Waals surface area contributed by atoms with E-state index in [1.165, 1.54) is 12.1 Å². The van der Waals surface area contributed by atoms with Crippen LogP contribution in [0, 0.1) is 10.1 Å². The summed E-state index contributed by atoms with van der Waals surface area (Å²) in [4.78, 5) is 10.6. The van der Waals surface area contributed by atoms with Crippen molar-refractivity contribution in [3.8, 4) is 11.5 Å². The first-order valence-corrected chi connectivity index (χ1v) is 9.32. The third-order valence-corrected chi connectivity index (χ3v) is 5.31. The van der Waals surface area contributed by atoms with Gasteiger partial charge < -0.3 is 14.4 Å². The van der Waals surface area contributed by atoms with Crippen LogP contribution in [0.5, 0.6) is 11.5 Å². The van der Waals surface area contributed by atoms with E-state index in [4.69, 9.17) is 9.26 Å². The van der Waals surface area contributed by atoms with E-state index >= 15 is 0 Å². The molecule has 1 N–H and O–H groups in total. The average Bonchev–Trinajstić information content (AvgIpc) is 2.67. The molecule has 146 valence electrons. The summed E-state index contributed by atoms with van der Waals surface area (Å²) in [6, 6.07) is 12.4. The molecule has 0 aliphatic rings. The zero-order chi connectivity index (χ0) is 20.0. The first-order chi connectivity index (χ1) is 12.8. The third kappa shape index (κ3) is 5.85. The van der Waals surface area contributed by atoms with E-state index in [2.05, 4.69) is 16.3 Å². The number of nitro benzene ring substituents is 1. The highest BCUT2D eigenvalue weighted by Crippen LogP contribution is 2.32. The minimum Gasteiger partial charge on any atom is -0.497 e. The summed E-state index contributed by atoms with van der Waals surface area (Å²) >= 11 is 0. The van der Waals surface area contributed by atoms with Gasteiger partial charge in [0.05, 0.1) is 27.6 Å². The molecule has 2 aromatic carbocycles. The average molecular weight is 410 g/mol. The SMILES string of the molecule is COc1ccc(CC(C)N(P)CC(O)c2ccc(OP)c([N+](=O)[O-])c2)cc1. The van der Waals surface area contributed by atoms with Gasteiger partial charge in [-0.2, -0.15) is 0 Å². The van der Waals surface area contributed by atoms with Crippen molar-refractivity contribution < 1.29 is 19.3 Å². The maximum atomic E-state index is 11.1. The Labute approximate surface area is 163 Å². The maximum Gasteiger partial charge on any atom is 0.311 e. The fourth-order valence-electron chi connectivity index (χ4n) is 2.69. The van der Waals surface area contributed by atoms with Crippen molar-refractivity contribution in [3.05, 3.63) is 63.7 Å². The molecule has 4 atom stereocenters. The van der Waals surface area contributed by atoms with Gasteiger partial charge in [-0.15, -0.1) is 0 Å². The van der Waals surface area contributed by atoms with Crippen LogP contribution in [-0.4, -0.2) is 34.4 Å². The van der Waals surface area contributed by atoms with Gasteiger partial charge in [-0.05, 0) is 42.7 Å². The second kappa shape index (κ2) is 9.95. The molecule has 0 amide bonds. The number of rotatable bonds is 9. The van der Waals surface area contributed by atoms with Crippen LogP contribution in [0.4, 0.5) is 5.69 Å². The minimum atomic E-state index is -0.863. The Morgan fingerprint density at radius 3 is 2.48 bits per heavy atom. The normalized spacial score (nSPS) is 13.3. The fraction of sp³-hybridized carbons (Fsp3) is 0.333. The molecule has 2 rings (SSSR count). The van der Waals surface area contributed by atoms with E-state index in [0.29, 0.717) is 12.1 Å². The lowest BCUT2D eigenvalue weighted by Crippen LogP contribution is -2.29. The lowest BCUT2D eigenvalue weighted by molar-refractivity contribution is -0.385. The monoisotopic (exact) mass is 410 g/mol. The molecule has 0 saturated heterocycles. The molecule has 9 heteroatoms. The van der Waals surface area contributed by atoms with E-state index in [0.717, 1.165) is 17.7 Å². The van der Waals surface area contributed by atoms with Gasteiger partial charge in [0.15, 0.2) is 5.75 Å². The molecule has 0 aromatic heterocycles. The molecule has 2 aromatic rings. The lowest BCUT2D eigenvalue weighted by Gasteiger charge is -2.27. The molecule has 27 heavy (non-hydrogen) atoms. The van der Waals surface area contributed by atoms with Crippen LogP contribution in [-0.2, 0) is 6.42 Å². The van der Waals surface area contributed by atoms with Gasteiger partial charge in [0.2, 0.25) is 0 Å². The Morgan fingerprint density at radius 1 is 1.26 bits per heavy atom. The Balaban J connectivity index is 2.02. The van der Waals surface area contributed by atoms with Crippen molar-refractivity contribution >= 4 is 24.5 Å². The number of methoxy groups -OCH3 is 1. The molecular formula is C18H24N2O5P2. The summed E-state index contributed by atoms with van der Waals surface area (Å²) in [7, 11) is 6.24. The Bertz CT molecular complexity index is 773. The molecule has 0 spiro atoms. The standard InChI is InChI=1S/C18H24N2O5P2/c1-12(9-13-3-6-15(24-2)7-4-13)19(26)11-17(21)14-5-8-18(25-27)16(10-14)20(22)23/h3-8,10,12,17,21H,9,11,26-27H2,1-2H3. The number of aliphatic hydroxyl groups excluding tert-OH is 1. The number of hydrogen-bond acceptors (Lipinski definition) is 6. The molecule has 0 heterocycles. The van der Waals surface area contributed by atoms with Crippen molar-refractivity contribution in [2.24, 2.45) is 0 Å². The lowest BCUT2D eigenvalue weighted by atomic mass is 10.1. The number of nitrogens with zero attached hydrogens (tertiary/aromatic N) is 2. The zero-order valence-electron chi connectivity index (χ0n) is 15.2. The molecule has 0 bridgehead atoms. The Morgan fingerprint density at radius 2 is 1.93 bits per heavy atom. The highest BCUT2D eigenvalue weighted by molar-refractivity contribution is 7.13. The predicted octanol–water partition coefficient (Wildman–Crippen LogP) is 3.53. The van der Waals surface area contributed by atoms with Crippen LogP contribution in [0.2, 0.25) is 0 Å². The summed E-state index contributed by atoms with van der Waals surface area (Å²) in [6.07, 6.45) is -0.0710. The van der Waals surface area contributed by atoms with Gasteiger partial charge in [0.25, 0.3) is 0 Å². The Kier molecular flexibility index (Phi) is 7.93. The molecule has 0 aliphatic heterocycles. The van der Waals surface area contributed by atoms with Crippen molar-refractivity contribution in [1.82, 2.24) is 4.67 Å². The van der Waals surface area contributed by atoms with E-state index in [9.17, 15) is 15.2 Å². The van der Waals surface area contributed by atoms with Crippen LogP contribution in [0.1, 0.15) is 24.2 Å². The van der Waals surface area contributed by atoms with E-state index in [1.54, 1.807) is 13.2 Å². The van der Waals surface area contributed by atoms with E-state index < -0.39 is 11.0 Å². The highest BCUT2D eigenvalue weighted by Gasteiger charge is 2.21. The Hall–Kier alpha value is -1.78. The van der Waals surface area contributed by atoms with Crippen LogP contribution in [0.3, 0.4) is 0 Å². The van der Waals surface area contributed by atoms with Crippen molar-refractivity contribution in [3.63, 3.8) is 0 Å². The second-order valence-corrected chi connectivity index (χ2v) is 7.11. The smallest absolute Gasteiger partial charge is 0.311 e. The second-order valence-electron chi connectivity index (χ2n) is 6.22. The molecule has 0 saturated carbocycles. The summed E-state index contributed by atoms with van der Waals surface area (Å²) in [5.74, 6) is 0.945. The van der Waals surface area contributed by atoms with Crippen LogP contribution in [0.15, 0.2) is 42.5 Å². The maximum absolute atomic E-state index is 11.1. The summed E-state index contributed by atoms with van der Waals surface area (Å²) in [5.41, 5.74) is 1.45. The van der Waals surface area contributed by atoms with E-state index in [1.807, 2.05) is 38.4 Å². The van der Waals surface area contributed by atoms with Crippen LogP contribution in [0.25, 0.3) is 0 Å². The first kappa shape index (κ1) is 21.5. The van der Waals surface area contributed by atoms with Crippen LogP contribution >= 0.6 is 18.9 Å². The molecule has 0 radical (unpaired) electrons. The number of aliphatic hydroxyl groups is 1. The minimum absolute atomic E-state index is 0.136. The highest BCUT2D eigenvalue weighted by atomic mass is 31.0. The molecule has 0 fully saturated rings. The quantitative estimate of drug-likeness (QED) is 0.387. The number of benzene rings is 2. The molecule has 4 unspecified atom stereocenters. The van der Waals surface area contributed by atoms with Gasteiger partial charge in [0, 0.05) is 18.7 Å². The fourth-order valence-corrected chi connectivity index (χ4v) is 3.19. The van der Waals surface area contributed by atoms with Crippen LogP contribution < -0.4 is 9.26 Å². The van der Waals surface area contributed by atoms with Crippen molar-refractivity contribution in [2.45, 2.75) is 25.5 Å². The number of hydrogen-bond donors (Lipinski definition) is 1. The van der Waals surface area contributed by atoms with Gasteiger partial charge >= 0.3 is 5.69 Å². The third-order valence-electron chi connectivity index (χ3n) is 4.33. The zero-order valence-corrected chi connectivity index (χ0v) is 17.5. The van der Waals surface area contributed by atoms with Gasteiger partial charge in [-0.25, -0.2) is 0 Å². The topological polar surface area (TPSA) is 85.1 Å². The molecule has 7 nitrogen and oxygen atoms in total. The predicted molar refractivity (Wildman–Crippen MR) is 111 cm³/mol.